The number of anilines is 1. The molecule has 1 fully saturated rings. The Kier molecular flexibility index (Phi) is 5.84. The van der Waals surface area contributed by atoms with Gasteiger partial charge in [0.05, 0.1) is 13.2 Å². The molecule has 0 radical (unpaired) electrons. The van der Waals surface area contributed by atoms with Crippen molar-refractivity contribution in [3.8, 4) is 5.75 Å². The van der Waals surface area contributed by atoms with Gasteiger partial charge in [0.1, 0.15) is 17.9 Å². The minimum atomic E-state index is -0.725. The molecule has 136 valence electrons. The number of nitrogens with one attached hydrogen (secondary N) is 1. The van der Waals surface area contributed by atoms with Crippen molar-refractivity contribution in [3.05, 3.63) is 53.7 Å². The third-order valence-electron chi connectivity index (χ3n) is 4.47. The lowest BCUT2D eigenvalue weighted by Crippen LogP contribution is -2.07. The van der Waals surface area contributed by atoms with E-state index in [2.05, 4.69) is 10.3 Å². The van der Waals surface area contributed by atoms with Gasteiger partial charge in [-0.05, 0) is 48.1 Å². The molecule has 1 heterocycles. The van der Waals surface area contributed by atoms with E-state index >= 15 is 0 Å². The number of hydrogen-bond donors (Lipinski definition) is 2. The van der Waals surface area contributed by atoms with Gasteiger partial charge in [-0.2, -0.15) is 0 Å². The predicted molar refractivity (Wildman–Crippen MR) is 97.5 cm³/mol. The molecule has 0 amide bonds. The largest absolute Gasteiger partial charge is 0.493 e. The number of aliphatic carboxylic acids is 1. The highest BCUT2D eigenvalue weighted by Crippen LogP contribution is 2.49. The molecule has 1 saturated carbocycles. The Morgan fingerprint density at radius 1 is 1.27 bits per heavy atom. The molecular weight excluding hydrogens is 332 g/mol. The fourth-order valence-electron chi connectivity index (χ4n) is 3.05. The maximum absolute atomic E-state index is 10.7. The number of carbonyl (C=O) groups is 2. The molecule has 1 aromatic carbocycles. The molecule has 1 aliphatic carbocycles. The number of benzene rings is 1. The van der Waals surface area contributed by atoms with E-state index in [9.17, 15) is 9.59 Å². The van der Waals surface area contributed by atoms with E-state index in [-0.39, 0.29) is 18.9 Å². The summed E-state index contributed by atoms with van der Waals surface area (Å²) in [4.78, 5) is 25.6. The second kappa shape index (κ2) is 8.47. The van der Waals surface area contributed by atoms with Crippen LogP contribution < -0.4 is 10.1 Å². The van der Waals surface area contributed by atoms with E-state index in [0.717, 1.165) is 24.2 Å². The number of rotatable bonds is 10. The molecule has 0 saturated heterocycles. The van der Waals surface area contributed by atoms with Crippen LogP contribution in [0.1, 0.15) is 30.0 Å². The van der Waals surface area contributed by atoms with Gasteiger partial charge >= 0.3 is 5.97 Å². The van der Waals surface area contributed by atoms with E-state index in [4.69, 9.17) is 9.84 Å². The zero-order chi connectivity index (χ0) is 18.4. The molecule has 2 aromatic rings. The van der Waals surface area contributed by atoms with Gasteiger partial charge in [0.2, 0.25) is 0 Å². The first kappa shape index (κ1) is 17.9. The number of ether oxygens (including phenoxy) is 1. The number of nitrogens with zero attached hydrogens (tertiary/aromatic N) is 1. The Labute approximate surface area is 152 Å². The molecule has 2 atom stereocenters. The molecule has 26 heavy (non-hydrogen) atoms. The maximum Gasteiger partial charge on any atom is 0.303 e. The van der Waals surface area contributed by atoms with Crippen LogP contribution in [0, 0.1) is 5.92 Å². The molecule has 3 rings (SSSR count). The number of aromatic nitrogens is 1. The Morgan fingerprint density at radius 2 is 2.08 bits per heavy atom. The van der Waals surface area contributed by atoms with Gasteiger partial charge < -0.3 is 20.0 Å². The van der Waals surface area contributed by atoms with Crippen molar-refractivity contribution < 1.29 is 19.4 Å². The maximum atomic E-state index is 10.7. The monoisotopic (exact) mass is 354 g/mol. The second-order valence-electron chi connectivity index (χ2n) is 6.43. The number of aldehydes is 1. The smallest absolute Gasteiger partial charge is 0.303 e. The van der Waals surface area contributed by atoms with Gasteiger partial charge in [0.15, 0.2) is 0 Å². The third kappa shape index (κ3) is 5.05. The summed E-state index contributed by atoms with van der Waals surface area (Å²) in [6.07, 6.45) is 2.66. The SMILES string of the molecule is O=CCNc1cccc(CCOc2ccc(C3CC3CC(=O)O)cc2)n1. The van der Waals surface area contributed by atoms with Crippen molar-refractivity contribution in [1.82, 2.24) is 4.98 Å². The number of carboxylic acid groups (broad SMARTS) is 1. The van der Waals surface area contributed by atoms with Gasteiger partial charge in [0.25, 0.3) is 0 Å². The molecule has 1 aromatic heterocycles. The van der Waals surface area contributed by atoms with Crippen LogP contribution >= 0.6 is 0 Å². The molecule has 0 bridgehead atoms. The quantitative estimate of drug-likeness (QED) is 0.638. The first-order valence-corrected chi connectivity index (χ1v) is 8.73. The lowest BCUT2D eigenvalue weighted by molar-refractivity contribution is -0.137. The minimum absolute atomic E-state index is 0.244. The van der Waals surface area contributed by atoms with Crippen LogP contribution in [-0.4, -0.2) is 35.5 Å². The van der Waals surface area contributed by atoms with E-state index in [1.54, 1.807) is 0 Å². The topological polar surface area (TPSA) is 88.5 Å². The van der Waals surface area contributed by atoms with Gasteiger partial charge in [-0.1, -0.05) is 18.2 Å². The Hall–Kier alpha value is -2.89. The number of pyridine rings is 1. The number of hydrogen-bond acceptors (Lipinski definition) is 5. The van der Waals surface area contributed by atoms with Gasteiger partial charge in [-0.15, -0.1) is 0 Å². The highest BCUT2D eigenvalue weighted by molar-refractivity contribution is 5.67. The molecule has 1 aliphatic rings. The minimum Gasteiger partial charge on any atom is -0.493 e. The Bertz CT molecular complexity index is 761. The molecular formula is C20H22N2O4. The summed E-state index contributed by atoms with van der Waals surface area (Å²) in [5.74, 6) is 1.38. The fourth-order valence-corrected chi connectivity index (χ4v) is 3.05. The summed E-state index contributed by atoms with van der Waals surface area (Å²) in [5.41, 5.74) is 2.08. The lowest BCUT2D eigenvalue weighted by atomic mass is 10.1. The number of carbonyl (C=O) groups excluding carboxylic acids is 1. The van der Waals surface area contributed by atoms with Gasteiger partial charge in [-0.3, -0.25) is 4.79 Å². The summed E-state index contributed by atoms with van der Waals surface area (Å²) in [7, 11) is 0. The van der Waals surface area contributed by atoms with Gasteiger partial charge in [-0.25, -0.2) is 4.98 Å². The van der Waals surface area contributed by atoms with E-state index in [0.29, 0.717) is 24.8 Å². The van der Waals surface area contributed by atoms with Crippen LogP contribution in [0.2, 0.25) is 0 Å². The zero-order valence-corrected chi connectivity index (χ0v) is 14.4. The van der Waals surface area contributed by atoms with Crippen molar-refractivity contribution >= 4 is 18.1 Å². The average Bonchev–Trinajstić information content (AvgIpc) is 3.39. The summed E-state index contributed by atoms with van der Waals surface area (Å²) in [6, 6.07) is 13.5. The first-order chi connectivity index (χ1) is 12.7. The summed E-state index contributed by atoms with van der Waals surface area (Å²) >= 11 is 0. The summed E-state index contributed by atoms with van der Waals surface area (Å²) in [6.45, 7) is 0.752. The summed E-state index contributed by atoms with van der Waals surface area (Å²) in [5, 5.41) is 11.8. The van der Waals surface area contributed by atoms with Crippen LogP contribution in [0.4, 0.5) is 5.82 Å². The van der Waals surface area contributed by atoms with E-state index in [1.807, 2.05) is 42.5 Å². The van der Waals surface area contributed by atoms with E-state index in [1.165, 1.54) is 5.56 Å². The predicted octanol–water partition coefficient (Wildman–Crippen LogP) is 2.89. The third-order valence-corrected chi connectivity index (χ3v) is 4.47. The molecule has 2 unspecified atom stereocenters. The molecule has 6 nitrogen and oxygen atoms in total. The number of carboxylic acids is 1. The molecule has 6 heteroatoms. The Morgan fingerprint density at radius 3 is 2.81 bits per heavy atom. The Balaban J connectivity index is 1.45. The van der Waals surface area contributed by atoms with Crippen LogP contribution in [-0.2, 0) is 16.0 Å². The van der Waals surface area contributed by atoms with Gasteiger partial charge in [0, 0.05) is 18.5 Å². The standard InChI is InChI=1S/C20H22N2O4/c23-10-9-21-19-3-1-2-16(22-19)8-11-26-17-6-4-14(5-7-17)18-12-15(18)13-20(24)25/h1-7,10,15,18H,8-9,11-13H2,(H,21,22)(H,24,25). The van der Waals surface area contributed by atoms with Crippen LogP contribution in [0.15, 0.2) is 42.5 Å². The van der Waals surface area contributed by atoms with E-state index < -0.39 is 5.97 Å². The molecule has 2 N–H and O–H groups in total. The van der Waals surface area contributed by atoms with Crippen molar-refractivity contribution in [1.29, 1.82) is 0 Å². The zero-order valence-electron chi connectivity index (χ0n) is 14.4. The normalized spacial score (nSPS) is 18.2. The summed E-state index contributed by atoms with van der Waals surface area (Å²) < 4.78 is 5.77. The van der Waals surface area contributed by atoms with Crippen LogP contribution in [0.3, 0.4) is 0 Å². The first-order valence-electron chi connectivity index (χ1n) is 8.73. The highest BCUT2D eigenvalue weighted by atomic mass is 16.5. The molecule has 0 aliphatic heterocycles. The highest BCUT2D eigenvalue weighted by Gasteiger charge is 2.39. The van der Waals surface area contributed by atoms with Crippen LogP contribution in [0.25, 0.3) is 0 Å². The van der Waals surface area contributed by atoms with Crippen LogP contribution in [0.5, 0.6) is 5.75 Å². The second-order valence-corrected chi connectivity index (χ2v) is 6.43. The molecule has 0 spiro atoms. The van der Waals surface area contributed by atoms with Crippen molar-refractivity contribution in [3.63, 3.8) is 0 Å². The van der Waals surface area contributed by atoms with Crippen molar-refractivity contribution in [2.75, 3.05) is 18.5 Å². The van der Waals surface area contributed by atoms with Crippen molar-refractivity contribution in [2.24, 2.45) is 5.92 Å². The van der Waals surface area contributed by atoms with Crippen molar-refractivity contribution in [2.45, 2.75) is 25.2 Å². The lowest BCUT2D eigenvalue weighted by Gasteiger charge is -2.08. The fraction of sp³-hybridized carbons (Fsp3) is 0.350. The average molecular weight is 354 g/mol.